The molecule has 1 aliphatic carbocycles. The summed E-state index contributed by atoms with van der Waals surface area (Å²) >= 11 is 0. The van der Waals surface area contributed by atoms with Crippen LogP contribution in [0.4, 0.5) is 0 Å². The van der Waals surface area contributed by atoms with Gasteiger partial charge in [-0.2, -0.15) is 0 Å². The summed E-state index contributed by atoms with van der Waals surface area (Å²) in [7, 11) is 0. The van der Waals surface area contributed by atoms with Gasteiger partial charge in [0.25, 0.3) is 0 Å². The molecule has 5 atom stereocenters. The fourth-order valence-corrected chi connectivity index (χ4v) is 3.66. The van der Waals surface area contributed by atoms with Gasteiger partial charge in [0.1, 0.15) is 6.04 Å². The molecule has 0 aromatic heterocycles. The van der Waals surface area contributed by atoms with Gasteiger partial charge in [-0.05, 0) is 48.9 Å². The van der Waals surface area contributed by atoms with Gasteiger partial charge < -0.3 is 9.84 Å². The van der Waals surface area contributed by atoms with Crippen LogP contribution in [0.5, 0.6) is 0 Å². The number of nitrogens with one attached hydrogen (secondary N) is 1. The summed E-state index contributed by atoms with van der Waals surface area (Å²) in [5.74, 6) is 1.05. The van der Waals surface area contributed by atoms with E-state index in [1.165, 1.54) is 0 Å². The van der Waals surface area contributed by atoms with Crippen molar-refractivity contribution in [2.24, 2.45) is 23.2 Å². The molecular formula is C19H35NO3. The summed E-state index contributed by atoms with van der Waals surface area (Å²) in [6.45, 7) is 14.5. The van der Waals surface area contributed by atoms with Gasteiger partial charge in [0, 0.05) is 0 Å². The molecule has 4 nitrogen and oxygen atoms in total. The van der Waals surface area contributed by atoms with Crippen molar-refractivity contribution >= 4 is 5.97 Å². The Morgan fingerprint density at radius 1 is 1.43 bits per heavy atom. The predicted molar refractivity (Wildman–Crippen MR) is 94.2 cm³/mol. The molecule has 0 aromatic carbocycles. The quantitative estimate of drug-likeness (QED) is 0.381. The lowest BCUT2D eigenvalue weighted by atomic mass is 9.87. The van der Waals surface area contributed by atoms with Crippen LogP contribution in [0.1, 0.15) is 60.3 Å². The van der Waals surface area contributed by atoms with E-state index in [0.717, 1.165) is 25.7 Å². The highest BCUT2D eigenvalue weighted by Crippen LogP contribution is 2.41. The lowest BCUT2D eigenvalue weighted by Gasteiger charge is -2.29. The number of ether oxygens (including phenoxy) is 1. The van der Waals surface area contributed by atoms with Gasteiger partial charge in [-0.15, -0.1) is 6.58 Å². The Bertz CT molecular complexity index is 389. The van der Waals surface area contributed by atoms with Crippen molar-refractivity contribution in [3.63, 3.8) is 0 Å². The molecule has 0 radical (unpaired) electrons. The van der Waals surface area contributed by atoms with Crippen molar-refractivity contribution < 1.29 is 14.6 Å². The van der Waals surface area contributed by atoms with Gasteiger partial charge in [-0.25, -0.2) is 0 Å². The molecule has 1 fully saturated rings. The smallest absolute Gasteiger partial charge is 0.321 e. The van der Waals surface area contributed by atoms with Crippen molar-refractivity contribution in [1.29, 1.82) is 0 Å². The van der Waals surface area contributed by atoms with Crippen LogP contribution >= 0.6 is 0 Å². The minimum atomic E-state index is -0.822. The van der Waals surface area contributed by atoms with E-state index in [0.29, 0.717) is 24.5 Å². The third-order valence-electron chi connectivity index (χ3n) is 5.30. The summed E-state index contributed by atoms with van der Waals surface area (Å²) in [5.41, 5.74) is -0.338. The van der Waals surface area contributed by atoms with Gasteiger partial charge >= 0.3 is 5.97 Å². The van der Waals surface area contributed by atoms with E-state index in [9.17, 15) is 9.90 Å². The molecule has 1 saturated carbocycles. The number of unbranched alkanes of at least 4 members (excludes halogenated alkanes) is 1. The largest absolute Gasteiger partial charge is 0.480 e. The van der Waals surface area contributed by atoms with Gasteiger partial charge in [-0.3, -0.25) is 10.1 Å². The molecule has 1 unspecified atom stereocenters. The number of carbonyl (C=O) groups is 1. The lowest BCUT2D eigenvalue weighted by Crippen LogP contribution is -2.47. The van der Waals surface area contributed by atoms with Crippen LogP contribution < -0.4 is 5.32 Å². The molecule has 0 amide bonds. The van der Waals surface area contributed by atoms with Crippen LogP contribution in [0, 0.1) is 23.2 Å². The zero-order chi connectivity index (χ0) is 17.6. The molecule has 0 aliphatic heterocycles. The van der Waals surface area contributed by atoms with Crippen molar-refractivity contribution in [2.45, 2.75) is 72.4 Å². The number of allylic oxidation sites excluding steroid dienone is 1. The first-order valence-electron chi connectivity index (χ1n) is 8.87. The highest BCUT2D eigenvalue weighted by Gasteiger charge is 2.39. The summed E-state index contributed by atoms with van der Waals surface area (Å²) < 4.78 is 6.06. The van der Waals surface area contributed by atoms with E-state index in [2.05, 4.69) is 25.7 Å². The third kappa shape index (κ3) is 5.92. The highest BCUT2D eigenvalue weighted by molar-refractivity contribution is 5.74. The number of aliphatic carboxylic acids is 1. The van der Waals surface area contributed by atoms with E-state index in [-0.39, 0.29) is 11.5 Å². The second-order valence-corrected chi connectivity index (χ2v) is 8.15. The van der Waals surface area contributed by atoms with Crippen LogP contribution in [0.25, 0.3) is 0 Å². The van der Waals surface area contributed by atoms with E-state index in [1.54, 1.807) is 0 Å². The van der Waals surface area contributed by atoms with Crippen molar-refractivity contribution in [3.8, 4) is 0 Å². The zero-order valence-electron chi connectivity index (χ0n) is 15.5. The van der Waals surface area contributed by atoms with Gasteiger partial charge in [0.05, 0.1) is 12.8 Å². The number of hydrogen-bond donors (Lipinski definition) is 2. The first kappa shape index (κ1) is 20.2. The normalized spacial score (nSPS) is 29.4. The second-order valence-electron chi connectivity index (χ2n) is 8.15. The van der Waals surface area contributed by atoms with E-state index in [4.69, 9.17) is 4.74 Å². The van der Waals surface area contributed by atoms with Gasteiger partial charge in [0.15, 0.2) is 0 Å². The predicted octanol–water partition coefficient (Wildman–Crippen LogP) is 4.07. The fourth-order valence-electron chi connectivity index (χ4n) is 3.66. The number of carboxylic acids is 1. The molecular weight excluding hydrogens is 290 g/mol. The number of hydrogen-bond acceptors (Lipinski definition) is 3. The average molecular weight is 325 g/mol. The van der Waals surface area contributed by atoms with Crippen LogP contribution in [0.15, 0.2) is 12.7 Å². The van der Waals surface area contributed by atoms with Gasteiger partial charge in [0.2, 0.25) is 0 Å². The summed E-state index contributed by atoms with van der Waals surface area (Å²) in [4.78, 5) is 11.4. The molecule has 1 aliphatic rings. The maximum atomic E-state index is 11.4. The Morgan fingerprint density at radius 2 is 2.09 bits per heavy atom. The van der Waals surface area contributed by atoms with Crippen molar-refractivity contribution in [3.05, 3.63) is 12.7 Å². The van der Waals surface area contributed by atoms with Crippen molar-refractivity contribution in [1.82, 2.24) is 5.32 Å². The minimum Gasteiger partial charge on any atom is -0.480 e. The molecule has 0 saturated heterocycles. The molecule has 1 rings (SSSR count). The minimum absolute atomic E-state index is 0.228. The molecule has 0 aromatic rings. The van der Waals surface area contributed by atoms with Gasteiger partial charge in [-0.1, -0.05) is 40.7 Å². The summed E-state index contributed by atoms with van der Waals surface area (Å²) in [5, 5.41) is 12.4. The van der Waals surface area contributed by atoms with E-state index >= 15 is 0 Å². The SMILES string of the molecule is C=CCCCC1[C@@H](OCN[C@H](C(=O)O)C(C)(C)C)C[C@@H](C)[C@H]1C. The highest BCUT2D eigenvalue weighted by atomic mass is 16.5. The Morgan fingerprint density at radius 3 is 2.61 bits per heavy atom. The van der Waals surface area contributed by atoms with E-state index < -0.39 is 12.0 Å². The fraction of sp³-hybridized carbons (Fsp3) is 0.842. The lowest BCUT2D eigenvalue weighted by molar-refractivity contribution is -0.143. The second kappa shape index (κ2) is 8.84. The zero-order valence-corrected chi connectivity index (χ0v) is 15.5. The molecule has 0 heterocycles. The maximum absolute atomic E-state index is 11.4. The monoisotopic (exact) mass is 325 g/mol. The molecule has 2 N–H and O–H groups in total. The molecule has 4 heteroatoms. The van der Waals surface area contributed by atoms with Crippen LogP contribution in [-0.4, -0.2) is 30.0 Å². The standard InChI is InChI=1S/C19H35NO3/c1-7-8-9-10-15-14(3)13(2)11-16(15)23-12-20-17(18(21)22)19(4,5)6/h7,13-17,20H,1,8-12H2,2-6H3,(H,21,22)/t13-,14-,15?,16+,17-/m1/s1. The van der Waals surface area contributed by atoms with Crippen LogP contribution in [0.3, 0.4) is 0 Å². The maximum Gasteiger partial charge on any atom is 0.321 e. The third-order valence-corrected chi connectivity index (χ3v) is 5.30. The molecule has 134 valence electrons. The summed E-state index contributed by atoms with van der Waals surface area (Å²) in [6.07, 6.45) is 6.62. The number of carboxylic acid groups (broad SMARTS) is 1. The summed E-state index contributed by atoms with van der Waals surface area (Å²) in [6, 6.07) is -0.599. The van der Waals surface area contributed by atoms with Crippen LogP contribution in [-0.2, 0) is 9.53 Å². The Kier molecular flexibility index (Phi) is 7.75. The average Bonchev–Trinajstić information content (AvgIpc) is 2.69. The first-order valence-corrected chi connectivity index (χ1v) is 8.87. The number of rotatable bonds is 9. The van der Waals surface area contributed by atoms with Crippen molar-refractivity contribution in [2.75, 3.05) is 6.73 Å². The van der Waals surface area contributed by atoms with Crippen LogP contribution in [0.2, 0.25) is 0 Å². The Balaban J connectivity index is 2.53. The Labute approximate surface area is 141 Å². The van der Waals surface area contributed by atoms with E-state index in [1.807, 2.05) is 26.8 Å². The molecule has 0 bridgehead atoms. The molecule has 23 heavy (non-hydrogen) atoms. The topological polar surface area (TPSA) is 58.6 Å². The Hall–Kier alpha value is -0.870. The first-order chi connectivity index (χ1) is 10.7. The molecule has 0 spiro atoms.